The first-order valence-corrected chi connectivity index (χ1v) is 6.34. The van der Waals surface area contributed by atoms with Gasteiger partial charge in [-0.05, 0) is 24.6 Å². The first-order chi connectivity index (χ1) is 8.88. The van der Waals surface area contributed by atoms with Crippen LogP contribution in [0, 0.1) is 0 Å². The number of amides is 2. The average Bonchev–Trinajstić information content (AvgIpc) is 2.26. The smallest absolute Gasteiger partial charge is 0.321 e. The van der Waals surface area contributed by atoms with Gasteiger partial charge in [-0.3, -0.25) is 4.79 Å². The van der Waals surface area contributed by atoms with Crippen LogP contribution in [0.4, 0.5) is 10.5 Å². The molecule has 0 aliphatic rings. The number of nitrogens with zero attached hydrogens (tertiary/aromatic N) is 1. The van der Waals surface area contributed by atoms with Crippen molar-refractivity contribution in [3.8, 4) is 0 Å². The molecule has 0 unspecified atom stereocenters. The summed E-state index contributed by atoms with van der Waals surface area (Å²) in [6.07, 6.45) is 0.427. The van der Waals surface area contributed by atoms with Gasteiger partial charge >= 0.3 is 12.0 Å². The van der Waals surface area contributed by atoms with Gasteiger partial charge in [-0.1, -0.05) is 23.2 Å². The molecule has 0 bridgehead atoms. The van der Waals surface area contributed by atoms with E-state index >= 15 is 0 Å². The quantitative estimate of drug-likeness (QED) is 0.876. The van der Waals surface area contributed by atoms with Crippen LogP contribution < -0.4 is 5.32 Å². The highest BCUT2D eigenvalue weighted by atomic mass is 35.5. The number of benzene rings is 1. The van der Waals surface area contributed by atoms with Crippen molar-refractivity contribution in [2.45, 2.75) is 12.8 Å². The molecule has 0 radical (unpaired) electrons. The standard InChI is InChI=1S/C12H14Cl2N2O3/c1-16(4-2-3-11(17)18)12(19)15-10-6-8(13)5-9(14)7-10/h5-7H,2-4H2,1H3,(H,15,19)(H,17,18). The molecule has 0 saturated carbocycles. The average molecular weight is 305 g/mol. The fourth-order valence-corrected chi connectivity index (χ4v) is 1.94. The number of carboxylic acids is 1. The van der Waals surface area contributed by atoms with Gasteiger partial charge in [-0.15, -0.1) is 0 Å². The van der Waals surface area contributed by atoms with Crippen LogP contribution in [0.1, 0.15) is 12.8 Å². The van der Waals surface area contributed by atoms with Crippen LogP contribution in [0.2, 0.25) is 10.0 Å². The number of carbonyl (C=O) groups excluding carboxylic acids is 1. The molecule has 0 saturated heterocycles. The lowest BCUT2D eigenvalue weighted by atomic mass is 10.3. The number of nitrogens with one attached hydrogen (secondary N) is 1. The number of carboxylic acid groups (broad SMARTS) is 1. The Kier molecular flexibility index (Phi) is 5.92. The molecule has 0 atom stereocenters. The zero-order valence-corrected chi connectivity index (χ0v) is 11.8. The molecule has 0 fully saturated rings. The van der Waals surface area contributed by atoms with Gasteiger partial charge in [0, 0.05) is 35.7 Å². The molecule has 0 aliphatic heterocycles. The summed E-state index contributed by atoms with van der Waals surface area (Å²) in [4.78, 5) is 23.6. The Balaban J connectivity index is 2.51. The molecule has 104 valence electrons. The second-order valence-electron chi connectivity index (χ2n) is 4.01. The number of carbonyl (C=O) groups is 2. The van der Waals surface area contributed by atoms with Crippen molar-refractivity contribution in [1.82, 2.24) is 4.90 Å². The van der Waals surface area contributed by atoms with Crippen LogP contribution in [0.25, 0.3) is 0 Å². The second-order valence-corrected chi connectivity index (χ2v) is 4.88. The van der Waals surface area contributed by atoms with Crippen molar-refractivity contribution in [2.24, 2.45) is 0 Å². The van der Waals surface area contributed by atoms with Gasteiger partial charge in [-0.2, -0.15) is 0 Å². The predicted octanol–water partition coefficient (Wildman–Crippen LogP) is 3.32. The summed E-state index contributed by atoms with van der Waals surface area (Å²) < 4.78 is 0. The molecule has 2 amide bonds. The number of urea groups is 1. The highest BCUT2D eigenvalue weighted by molar-refractivity contribution is 6.35. The molecular formula is C12H14Cl2N2O3. The minimum absolute atomic E-state index is 0.0284. The summed E-state index contributed by atoms with van der Waals surface area (Å²) in [6.45, 7) is 0.354. The van der Waals surface area contributed by atoms with Crippen molar-refractivity contribution in [1.29, 1.82) is 0 Å². The van der Waals surface area contributed by atoms with Crippen molar-refractivity contribution in [3.05, 3.63) is 28.2 Å². The third kappa shape index (κ3) is 5.81. The molecular weight excluding hydrogens is 291 g/mol. The molecule has 1 rings (SSSR count). The van der Waals surface area contributed by atoms with E-state index in [1.807, 2.05) is 0 Å². The number of hydrogen-bond acceptors (Lipinski definition) is 2. The van der Waals surface area contributed by atoms with Crippen molar-refractivity contribution >= 4 is 40.9 Å². The third-order valence-corrected chi connectivity index (χ3v) is 2.78. The van der Waals surface area contributed by atoms with Crippen molar-refractivity contribution < 1.29 is 14.7 Å². The summed E-state index contributed by atoms with van der Waals surface area (Å²) in [7, 11) is 1.59. The van der Waals surface area contributed by atoms with E-state index in [1.165, 1.54) is 4.90 Å². The van der Waals surface area contributed by atoms with Gasteiger partial charge in [0.25, 0.3) is 0 Å². The Morgan fingerprint density at radius 3 is 2.37 bits per heavy atom. The Hall–Kier alpha value is -1.46. The third-order valence-electron chi connectivity index (χ3n) is 2.34. The van der Waals surface area contributed by atoms with E-state index < -0.39 is 5.97 Å². The van der Waals surface area contributed by atoms with Gasteiger partial charge in [0.15, 0.2) is 0 Å². The van der Waals surface area contributed by atoms with E-state index in [-0.39, 0.29) is 12.5 Å². The molecule has 19 heavy (non-hydrogen) atoms. The van der Waals surface area contributed by atoms with E-state index in [9.17, 15) is 9.59 Å². The Labute approximate surface area is 121 Å². The molecule has 0 spiro atoms. The van der Waals surface area contributed by atoms with Gasteiger partial charge in [0.2, 0.25) is 0 Å². The monoisotopic (exact) mass is 304 g/mol. The Morgan fingerprint density at radius 1 is 1.26 bits per heavy atom. The lowest BCUT2D eigenvalue weighted by molar-refractivity contribution is -0.137. The lowest BCUT2D eigenvalue weighted by Gasteiger charge is -2.17. The van der Waals surface area contributed by atoms with Crippen molar-refractivity contribution in [2.75, 3.05) is 18.9 Å². The molecule has 5 nitrogen and oxygen atoms in total. The summed E-state index contributed by atoms with van der Waals surface area (Å²) >= 11 is 11.6. The molecule has 0 aromatic heterocycles. The van der Waals surface area contributed by atoms with Gasteiger partial charge in [0.05, 0.1) is 0 Å². The number of aliphatic carboxylic acids is 1. The van der Waals surface area contributed by atoms with E-state index in [4.69, 9.17) is 28.3 Å². The highest BCUT2D eigenvalue weighted by Crippen LogP contribution is 2.22. The summed E-state index contributed by atoms with van der Waals surface area (Å²) in [5.41, 5.74) is 0.493. The van der Waals surface area contributed by atoms with Crippen LogP contribution in [-0.2, 0) is 4.79 Å². The minimum Gasteiger partial charge on any atom is -0.481 e. The van der Waals surface area contributed by atoms with Crippen LogP contribution in [0.3, 0.4) is 0 Å². The number of halogens is 2. The largest absolute Gasteiger partial charge is 0.481 e. The molecule has 1 aromatic carbocycles. The van der Waals surface area contributed by atoms with Crippen LogP contribution in [0.5, 0.6) is 0 Å². The van der Waals surface area contributed by atoms with Gasteiger partial charge < -0.3 is 15.3 Å². The Morgan fingerprint density at radius 2 is 1.84 bits per heavy atom. The fraction of sp³-hybridized carbons (Fsp3) is 0.333. The maximum absolute atomic E-state index is 11.8. The maximum Gasteiger partial charge on any atom is 0.321 e. The van der Waals surface area contributed by atoms with E-state index in [0.717, 1.165) is 0 Å². The second kappa shape index (κ2) is 7.21. The zero-order chi connectivity index (χ0) is 14.4. The Bertz CT molecular complexity index is 460. The van der Waals surface area contributed by atoms with Gasteiger partial charge in [0.1, 0.15) is 0 Å². The molecule has 1 aromatic rings. The van der Waals surface area contributed by atoms with E-state index in [2.05, 4.69) is 5.32 Å². The van der Waals surface area contributed by atoms with Crippen molar-refractivity contribution in [3.63, 3.8) is 0 Å². The van der Waals surface area contributed by atoms with E-state index in [0.29, 0.717) is 28.7 Å². The minimum atomic E-state index is -0.879. The highest BCUT2D eigenvalue weighted by Gasteiger charge is 2.10. The first kappa shape index (κ1) is 15.6. The van der Waals surface area contributed by atoms with Crippen LogP contribution in [-0.4, -0.2) is 35.6 Å². The number of rotatable bonds is 5. The predicted molar refractivity (Wildman–Crippen MR) is 75.0 cm³/mol. The SMILES string of the molecule is CN(CCCC(=O)O)C(=O)Nc1cc(Cl)cc(Cl)c1. The molecule has 7 heteroatoms. The number of anilines is 1. The van der Waals surface area contributed by atoms with E-state index in [1.54, 1.807) is 25.2 Å². The maximum atomic E-state index is 11.8. The molecule has 2 N–H and O–H groups in total. The summed E-state index contributed by atoms with van der Waals surface area (Å²) in [5, 5.41) is 12.0. The molecule has 0 heterocycles. The fourth-order valence-electron chi connectivity index (χ4n) is 1.41. The summed E-state index contributed by atoms with van der Waals surface area (Å²) in [5.74, 6) is -0.879. The van der Waals surface area contributed by atoms with Crippen LogP contribution in [0.15, 0.2) is 18.2 Å². The van der Waals surface area contributed by atoms with Gasteiger partial charge in [-0.25, -0.2) is 4.79 Å². The lowest BCUT2D eigenvalue weighted by Crippen LogP contribution is -2.32. The normalized spacial score (nSPS) is 10.1. The molecule has 0 aliphatic carbocycles. The number of hydrogen-bond donors (Lipinski definition) is 2. The first-order valence-electron chi connectivity index (χ1n) is 5.58. The van der Waals surface area contributed by atoms with Crippen LogP contribution >= 0.6 is 23.2 Å². The summed E-state index contributed by atoms with van der Waals surface area (Å²) in [6, 6.07) is 4.38. The topological polar surface area (TPSA) is 69.6 Å². The zero-order valence-electron chi connectivity index (χ0n) is 10.3.